The van der Waals surface area contributed by atoms with Crippen LogP contribution < -0.4 is 4.90 Å². The molecule has 0 aliphatic carbocycles. The van der Waals surface area contributed by atoms with Gasteiger partial charge in [0.05, 0.1) is 0 Å². The highest BCUT2D eigenvalue weighted by atomic mass is 16.4. The molecule has 2 aromatic heterocycles. The molecule has 2 heterocycles. The quantitative estimate of drug-likeness (QED) is 0.838. The monoisotopic (exact) mass is 249 g/mol. The lowest BCUT2D eigenvalue weighted by molar-refractivity contribution is -0.135. The standard InChI is InChI=1S/C11H15N5O2/c1-8(2)5-16(6-9(17)18)10-11-14-13-7-15(11)4-3-12-10/h3-4,7-8H,5-6H2,1-2H3,(H,17,18). The first-order valence-corrected chi connectivity index (χ1v) is 5.69. The van der Waals surface area contributed by atoms with Crippen molar-refractivity contribution < 1.29 is 9.90 Å². The molecule has 0 bridgehead atoms. The first-order chi connectivity index (χ1) is 8.58. The van der Waals surface area contributed by atoms with E-state index in [-0.39, 0.29) is 6.54 Å². The van der Waals surface area contributed by atoms with E-state index in [0.29, 0.717) is 23.9 Å². The highest BCUT2D eigenvalue weighted by Gasteiger charge is 2.17. The lowest BCUT2D eigenvalue weighted by Crippen LogP contribution is -2.34. The third-order valence-corrected chi connectivity index (χ3v) is 2.41. The summed E-state index contributed by atoms with van der Waals surface area (Å²) in [4.78, 5) is 16.9. The summed E-state index contributed by atoms with van der Waals surface area (Å²) in [6.07, 6.45) is 4.91. The zero-order valence-electron chi connectivity index (χ0n) is 10.3. The molecule has 2 aromatic rings. The second kappa shape index (κ2) is 4.99. The number of carboxylic acid groups (broad SMARTS) is 1. The van der Waals surface area contributed by atoms with Crippen LogP contribution in [0.1, 0.15) is 13.8 Å². The van der Waals surface area contributed by atoms with Crippen molar-refractivity contribution in [1.82, 2.24) is 19.6 Å². The molecule has 0 unspecified atom stereocenters. The Morgan fingerprint density at radius 2 is 2.33 bits per heavy atom. The zero-order valence-corrected chi connectivity index (χ0v) is 10.3. The molecular weight excluding hydrogens is 234 g/mol. The highest BCUT2D eigenvalue weighted by Crippen LogP contribution is 2.17. The number of carboxylic acids is 1. The van der Waals surface area contributed by atoms with E-state index in [1.807, 2.05) is 13.8 Å². The van der Waals surface area contributed by atoms with E-state index in [0.717, 1.165) is 0 Å². The van der Waals surface area contributed by atoms with E-state index in [1.54, 1.807) is 28.0 Å². The van der Waals surface area contributed by atoms with Crippen molar-refractivity contribution in [2.24, 2.45) is 5.92 Å². The Bertz CT molecular complexity index is 551. The molecule has 0 aromatic carbocycles. The predicted octanol–water partition coefficient (Wildman–Crippen LogP) is 0.671. The molecule has 0 spiro atoms. The third kappa shape index (κ3) is 2.55. The molecule has 0 amide bonds. The lowest BCUT2D eigenvalue weighted by Gasteiger charge is -2.23. The molecule has 0 radical (unpaired) electrons. The zero-order chi connectivity index (χ0) is 13.1. The maximum atomic E-state index is 10.9. The fourth-order valence-corrected chi connectivity index (χ4v) is 1.80. The van der Waals surface area contributed by atoms with E-state index in [9.17, 15) is 4.79 Å². The van der Waals surface area contributed by atoms with E-state index in [2.05, 4.69) is 15.2 Å². The molecule has 2 rings (SSSR count). The van der Waals surface area contributed by atoms with Crippen molar-refractivity contribution in [2.45, 2.75) is 13.8 Å². The minimum absolute atomic E-state index is 0.0995. The molecule has 7 heteroatoms. The largest absolute Gasteiger partial charge is 0.480 e. The van der Waals surface area contributed by atoms with Crippen LogP contribution in [0.2, 0.25) is 0 Å². The van der Waals surface area contributed by atoms with E-state index in [1.165, 1.54) is 0 Å². The molecule has 0 saturated heterocycles. The van der Waals surface area contributed by atoms with Gasteiger partial charge in [-0.1, -0.05) is 13.8 Å². The highest BCUT2D eigenvalue weighted by molar-refractivity contribution is 5.76. The third-order valence-electron chi connectivity index (χ3n) is 2.41. The molecule has 18 heavy (non-hydrogen) atoms. The van der Waals surface area contributed by atoms with Crippen LogP contribution in [-0.2, 0) is 4.79 Å². The van der Waals surface area contributed by atoms with Crippen molar-refractivity contribution >= 4 is 17.4 Å². The van der Waals surface area contributed by atoms with Gasteiger partial charge in [0.1, 0.15) is 12.9 Å². The second-order valence-corrected chi connectivity index (χ2v) is 4.48. The molecule has 0 saturated carbocycles. The maximum Gasteiger partial charge on any atom is 0.323 e. The molecule has 96 valence electrons. The van der Waals surface area contributed by atoms with Gasteiger partial charge in [-0.25, -0.2) is 4.98 Å². The average molecular weight is 249 g/mol. The number of hydrogen-bond donors (Lipinski definition) is 1. The second-order valence-electron chi connectivity index (χ2n) is 4.48. The van der Waals surface area contributed by atoms with Gasteiger partial charge in [-0.2, -0.15) is 0 Å². The first-order valence-electron chi connectivity index (χ1n) is 5.69. The molecular formula is C11H15N5O2. The van der Waals surface area contributed by atoms with Crippen LogP contribution >= 0.6 is 0 Å². The fraction of sp³-hybridized carbons (Fsp3) is 0.455. The van der Waals surface area contributed by atoms with Crippen LogP contribution in [0.15, 0.2) is 18.7 Å². The van der Waals surface area contributed by atoms with Crippen molar-refractivity contribution in [3.8, 4) is 0 Å². The van der Waals surface area contributed by atoms with Crippen LogP contribution in [0, 0.1) is 5.92 Å². The van der Waals surface area contributed by atoms with E-state index in [4.69, 9.17) is 5.11 Å². The van der Waals surface area contributed by atoms with Gasteiger partial charge in [0.2, 0.25) is 5.65 Å². The molecule has 0 aliphatic heterocycles. The van der Waals surface area contributed by atoms with Gasteiger partial charge < -0.3 is 10.0 Å². The molecule has 0 atom stereocenters. The van der Waals surface area contributed by atoms with Gasteiger partial charge in [-0.15, -0.1) is 10.2 Å². The summed E-state index contributed by atoms with van der Waals surface area (Å²) in [5, 5.41) is 16.7. The van der Waals surface area contributed by atoms with E-state index >= 15 is 0 Å². The summed E-state index contributed by atoms with van der Waals surface area (Å²) in [6.45, 7) is 4.56. The van der Waals surface area contributed by atoms with Crippen LogP contribution in [0.5, 0.6) is 0 Å². The number of anilines is 1. The molecule has 7 nitrogen and oxygen atoms in total. The van der Waals surface area contributed by atoms with E-state index < -0.39 is 5.97 Å². The van der Waals surface area contributed by atoms with Gasteiger partial charge in [-0.3, -0.25) is 9.20 Å². The van der Waals surface area contributed by atoms with Crippen molar-refractivity contribution in [2.75, 3.05) is 18.0 Å². The molecule has 0 aliphatic rings. The number of carbonyl (C=O) groups is 1. The number of nitrogens with zero attached hydrogens (tertiary/aromatic N) is 5. The minimum Gasteiger partial charge on any atom is -0.480 e. The van der Waals surface area contributed by atoms with Crippen LogP contribution in [0.3, 0.4) is 0 Å². The Kier molecular flexibility index (Phi) is 3.40. The summed E-state index contributed by atoms with van der Waals surface area (Å²) in [5.74, 6) is -0.0144. The normalized spacial score (nSPS) is 11.1. The number of hydrogen-bond acceptors (Lipinski definition) is 5. The summed E-state index contributed by atoms with van der Waals surface area (Å²) in [7, 11) is 0. The number of rotatable bonds is 5. The van der Waals surface area contributed by atoms with Crippen LogP contribution in [-0.4, -0.2) is 43.7 Å². The Morgan fingerprint density at radius 3 is 3.00 bits per heavy atom. The van der Waals surface area contributed by atoms with Crippen molar-refractivity contribution in [1.29, 1.82) is 0 Å². The Labute approximate surface area is 104 Å². The van der Waals surface area contributed by atoms with Gasteiger partial charge in [0.25, 0.3) is 0 Å². The fourth-order valence-electron chi connectivity index (χ4n) is 1.80. The molecule has 1 N–H and O–H groups in total. The first kappa shape index (κ1) is 12.3. The van der Waals surface area contributed by atoms with Crippen molar-refractivity contribution in [3.63, 3.8) is 0 Å². The average Bonchev–Trinajstić information content (AvgIpc) is 2.74. The van der Waals surface area contributed by atoms with Crippen LogP contribution in [0.25, 0.3) is 5.65 Å². The van der Waals surface area contributed by atoms with Gasteiger partial charge in [-0.05, 0) is 5.92 Å². The summed E-state index contributed by atoms with van der Waals surface area (Å²) in [6, 6.07) is 0. The summed E-state index contributed by atoms with van der Waals surface area (Å²) in [5.41, 5.74) is 0.569. The smallest absolute Gasteiger partial charge is 0.323 e. The topological polar surface area (TPSA) is 83.6 Å². The Hall–Kier alpha value is -2.18. The summed E-state index contributed by atoms with van der Waals surface area (Å²) < 4.78 is 1.72. The lowest BCUT2D eigenvalue weighted by atomic mass is 10.2. The van der Waals surface area contributed by atoms with Gasteiger partial charge in [0.15, 0.2) is 5.82 Å². The number of aromatic nitrogens is 4. The summed E-state index contributed by atoms with van der Waals surface area (Å²) >= 11 is 0. The Balaban J connectivity index is 2.39. The Morgan fingerprint density at radius 1 is 1.56 bits per heavy atom. The van der Waals surface area contributed by atoms with Gasteiger partial charge in [0, 0.05) is 18.9 Å². The predicted molar refractivity (Wildman–Crippen MR) is 65.5 cm³/mol. The van der Waals surface area contributed by atoms with Gasteiger partial charge >= 0.3 is 5.97 Å². The van der Waals surface area contributed by atoms with Crippen LogP contribution in [0.4, 0.5) is 5.82 Å². The maximum absolute atomic E-state index is 10.9. The van der Waals surface area contributed by atoms with Crippen molar-refractivity contribution in [3.05, 3.63) is 18.7 Å². The minimum atomic E-state index is -0.890. The number of aliphatic carboxylic acids is 1. The number of fused-ring (bicyclic) bond motifs is 1. The SMILES string of the molecule is CC(C)CN(CC(=O)O)c1nccn2cnnc12. The molecule has 0 fully saturated rings.